The van der Waals surface area contributed by atoms with E-state index < -0.39 is 0 Å². The lowest BCUT2D eigenvalue weighted by atomic mass is 10.1. The van der Waals surface area contributed by atoms with Crippen LogP contribution in [0.1, 0.15) is 15.9 Å². The smallest absolute Gasteiger partial charge is 0.259 e. The van der Waals surface area contributed by atoms with Gasteiger partial charge in [0.05, 0.1) is 11.9 Å². The molecule has 4 heterocycles. The van der Waals surface area contributed by atoms with Gasteiger partial charge in [0, 0.05) is 45.1 Å². The van der Waals surface area contributed by atoms with E-state index in [0.717, 1.165) is 36.7 Å². The summed E-state index contributed by atoms with van der Waals surface area (Å²) < 4.78 is 28.2. The molecule has 0 atom stereocenters. The first kappa shape index (κ1) is 21.4. The van der Waals surface area contributed by atoms with Gasteiger partial charge in [0.25, 0.3) is 5.91 Å². The number of hydrogen-bond acceptors (Lipinski definition) is 5. The molecule has 0 unspecified atom stereocenters. The Bertz CT molecular complexity index is 1360. The predicted molar refractivity (Wildman–Crippen MR) is 127 cm³/mol. The van der Waals surface area contributed by atoms with Crippen LogP contribution in [0.15, 0.2) is 73.2 Å². The van der Waals surface area contributed by atoms with Gasteiger partial charge in [-0.05, 0) is 48.0 Å². The van der Waals surface area contributed by atoms with Crippen LogP contribution in [0.5, 0.6) is 11.5 Å². The van der Waals surface area contributed by atoms with Gasteiger partial charge < -0.3 is 18.9 Å². The summed E-state index contributed by atoms with van der Waals surface area (Å²) in [6.45, 7) is 3.79. The van der Waals surface area contributed by atoms with Crippen LogP contribution in [0.2, 0.25) is 0 Å². The van der Waals surface area contributed by atoms with E-state index in [2.05, 4.69) is 16.1 Å². The van der Waals surface area contributed by atoms with Gasteiger partial charge in [-0.15, -0.1) is 0 Å². The second-order valence-corrected chi connectivity index (χ2v) is 8.62. The molecule has 0 N–H and O–H groups in total. The lowest BCUT2D eigenvalue weighted by molar-refractivity contribution is 0.0628. The molecule has 9 heteroatoms. The van der Waals surface area contributed by atoms with Crippen molar-refractivity contribution in [2.45, 2.75) is 6.54 Å². The number of hydrogen-bond donors (Lipinski definition) is 0. The molecule has 35 heavy (non-hydrogen) atoms. The van der Waals surface area contributed by atoms with E-state index in [-0.39, 0.29) is 18.5 Å². The number of aromatic nitrogens is 3. The molecule has 0 spiro atoms. The lowest BCUT2D eigenvalue weighted by Gasteiger charge is -2.34. The third-order valence-electron chi connectivity index (χ3n) is 6.38. The highest BCUT2D eigenvalue weighted by Gasteiger charge is 2.27. The highest BCUT2D eigenvalue weighted by atomic mass is 19.1. The number of carbonyl (C=O) groups is 1. The summed E-state index contributed by atoms with van der Waals surface area (Å²) in [5.74, 6) is 1.71. The first-order valence-electron chi connectivity index (χ1n) is 11.5. The van der Waals surface area contributed by atoms with Crippen molar-refractivity contribution in [2.75, 3.05) is 33.0 Å². The van der Waals surface area contributed by atoms with Crippen LogP contribution in [0.25, 0.3) is 11.5 Å². The Hall–Kier alpha value is -4.11. The number of ether oxygens (including phenoxy) is 2. The minimum absolute atomic E-state index is 0.0842. The molecule has 1 amide bonds. The fraction of sp³-hybridized carbons (Fsp3) is 0.231. The van der Waals surface area contributed by atoms with Crippen LogP contribution in [0, 0.1) is 5.82 Å². The summed E-state index contributed by atoms with van der Waals surface area (Å²) >= 11 is 0. The number of halogens is 1. The fourth-order valence-corrected chi connectivity index (χ4v) is 4.59. The van der Waals surface area contributed by atoms with Crippen LogP contribution < -0.4 is 9.47 Å². The number of carbonyl (C=O) groups excluding carboxylic acids is 1. The van der Waals surface area contributed by atoms with E-state index in [1.807, 2.05) is 46.1 Å². The minimum atomic E-state index is -0.358. The zero-order valence-corrected chi connectivity index (χ0v) is 19.0. The number of nitrogens with zero attached hydrogens (tertiary/aromatic N) is 5. The second kappa shape index (κ2) is 8.92. The number of benzene rings is 2. The van der Waals surface area contributed by atoms with Gasteiger partial charge >= 0.3 is 0 Å². The molecular weight excluding hydrogens is 449 g/mol. The van der Waals surface area contributed by atoms with Gasteiger partial charge in [-0.1, -0.05) is 12.1 Å². The molecule has 178 valence electrons. The molecule has 2 aromatic carbocycles. The zero-order valence-electron chi connectivity index (χ0n) is 19.0. The van der Waals surface area contributed by atoms with Crippen LogP contribution in [0.4, 0.5) is 4.39 Å². The summed E-state index contributed by atoms with van der Waals surface area (Å²) in [7, 11) is 0. The van der Waals surface area contributed by atoms with Gasteiger partial charge in [-0.25, -0.2) is 9.07 Å². The third kappa shape index (κ3) is 4.15. The highest BCUT2D eigenvalue weighted by molar-refractivity contribution is 5.97. The molecule has 6 rings (SSSR count). The Morgan fingerprint density at radius 2 is 1.74 bits per heavy atom. The zero-order chi connectivity index (χ0) is 23.8. The van der Waals surface area contributed by atoms with E-state index in [4.69, 9.17) is 9.47 Å². The fourth-order valence-electron chi connectivity index (χ4n) is 4.59. The van der Waals surface area contributed by atoms with Crippen molar-refractivity contribution in [1.82, 2.24) is 24.1 Å². The molecule has 2 aliphatic rings. The summed E-state index contributed by atoms with van der Waals surface area (Å²) in [5.41, 5.74) is 2.19. The summed E-state index contributed by atoms with van der Waals surface area (Å²) in [5, 5.41) is 4.45. The molecule has 1 fully saturated rings. The van der Waals surface area contributed by atoms with Crippen LogP contribution in [-0.2, 0) is 6.54 Å². The first-order chi connectivity index (χ1) is 17.2. The average molecular weight is 474 g/mol. The number of amides is 1. The van der Waals surface area contributed by atoms with Gasteiger partial charge in [0.15, 0.2) is 17.3 Å². The van der Waals surface area contributed by atoms with Gasteiger partial charge in [-0.2, -0.15) is 5.10 Å². The van der Waals surface area contributed by atoms with Gasteiger partial charge in [0.1, 0.15) is 11.4 Å². The quantitative estimate of drug-likeness (QED) is 0.444. The monoisotopic (exact) mass is 473 g/mol. The van der Waals surface area contributed by atoms with E-state index in [0.29, 0.717) is 30.2 Å². The SMILES string of the molecule is O=C(c1cnn(-c2cccc(F)c2)c1-n1cccc1)N1CCN(Cc2ccc3c(c2)OCO3)CC1. The van der Waals surface area contributed by atoms with Crippen molar-refractivity contribution >= 4 is 5.91 Å². The molecule has 0 saturated carbocycles. The Morgan fingerprint density at radius 1 is 0.943 bits per heavy atom. The van der Waals surface area contributed by atoms with Crippen LogP contribution in [0.3, 0.4) is 0 Å². The summed E-state index contributed by atoms with van der Waals surface area (Å²) in [4.78, 5) is 17.7. The molecule has 2 aliphatic heterocycles. The van der Waals surface area contributed by atoms with E-state index in [1.54, 1.807) is 23.0 Å². The molecular formula is C26H24FN5O3. The first-order valence-corrected chi connectivity index (χ1v) is 11.5. The number of piperazine rings is 1. The normalized spacial score (nSPS) is 15.5. The molecule has 0 aliphatic carbocycles. The Kier molecular flexibility index (Phi) is 5.46. The van der Waals surface area contributed by atoms with Crippen molar-refractivity contribution in [1.29, 1.82) is 0 Å². The highest BCUT2D eigenvalue weighted by Crippen LogP contribution is 2.33. The van der Waals surface area contributed by atoms with E-state index in [1.165, 1.54) is 12.1 Å². The molecule has 2 aromatic heterocycles. The van der Waals surface area contributed by atoms with Crippen molar-refractivity contribution in [3.05, 3.63) is 90.1 Å². The topological polar surface area (TPSA) is 64.8 Å². The lowest BCUT2D eigenvalue weighted by Crippen LogP contribution is -2.48. The average Bonchev–Trinajstić information content (AvgIpc) is 3.64. The third-order valence-corrected chi connectivity index (χ3v) is 6.38. The maximum atomic E-state index is 13.9. The summed E-state index contributed by atoms with van der Waals surface area (Å²) in [6.07, 6.45) is 5.28. The predicted octanol–water partition coefficient (Wildman–Crippen LogP) is 3.49. The molecule has 4 aromatic rings. The summed E-state index contributed by atoms with van der Waals surface area (Å²) in [6, 6.07) is 16.0. The molecule has 8 nitrogen and oxygen atoms in total. The largest absolute Gasteiger partial charge is 0.454 e. The molecule has 1 saturated heterocycles. The maximum Gasteiger partial charge on any atom is 0.259 e. The van der Waals surface area contributed by atoms with E-state index in [9.17, 15) is 9.18 Å². The van der Waals surface area contributed by atoms with Crippen LogP contribution >= 0.6 is 0 Å². The second-order valence-electron chi connectivity index (χ2n) is 8.62. The molecule has 0 bridgehead atoms. The Balaban J connectivity index is 1.19. The van der Waals surface area contributed by atoms with Crippen LogP contribution in [-0.4, -0.2) is 63.0 Å². The molecule has 0 radical (unpaired) electrons. The number of rotatable bonds is 5. The standard InChI is InChI=1S/C26H24FN5O3/c27-20-4-3-5-21(15-20)32-25(30-8-1-2-9-30)22(16-28-32)26(33)31-12-10-29(11-13-31)17-19-6-7-23-24(14-19)35-18-34-23/h1-9,14-16H,10-13,17-18H2. The van der Waals surface area contributed by atoms with Crippen molar-refractivity contribution < 1.29 is 18.7 Å². The minimum Gasteiger partial charge on any atom is -0.454 e. The number of fused-ring (bicyclic) bond motifs is 1. The Labute approximate surface area is 201 Å². The van der Waals surface area contributed by atoms with Gasteiger partial charge in [0.2, 0.25) is 6.79 Å². The van der Waals surface area contributed by atoms with Crippen molar-refractivity contribution in [3.8, 4) is 23.0 Å². The van der Waals surface area contributed by atoms with Crippen molar-refractivity contribution in [2.24, 2.45) is 0 Å². The maximum absolute atomic E-state index is 13.9. The van der Waals surface area contributed by atoms with E-state index >= 15 is 0 Å². The van der Waals surface area contributed by atoms with Gasteiger partial charge in [-0.3, -0.25) is 9.69 Å². The van der Waals surface area contributed by atoms with Crippen molar-refractivity contribution in [3.63, 3.8) is 0 Å². The Morgan fingerprint density at radius 3 is 2.54 bits per heavy atom.